The van der Waals surface area contributed by atoms with E-state index in [0.717, 1.165) is 11.8 Å². The first-order valence-corrected chi connectivity index (χ1v) is 11.2. The maximum atomic E-state index is 14.7. The molecule has 11 heteroatoms. The van der Waals surface area contributed by atoms with Crippen molar-refractivity contribution < 1.29 is 27.5 Å². The van der Waals surface area contributed by atoms with E-state index in [9.17, 15) is 27.5 Å². The number of sulfone groups is 1. The Morgan fingerprint density at radius 1 is 1.29 bits per heavy atom. The number of nitrogens with one attached hydrogen (secondary N) is 1. The van der Waals surface area contributed by atoms with Crippen LogP contribution in [0.5, 0.6) is 0 Å². The Balaban J connectivity index is 2.96. The predicted octanol–water partition coefficient (Wildman–Crippen LogP) is 1.84. The number of rotatable bonds is 11. The van der Waals surface area contributed by atoms with Crippen molar-refractivity contribution in [1.29, 1.82) is 0 Å². The standard InChI is InChI=1S/C17H23Cl2FN2O5S/c1-28(26,27)12-6-4-11(5-7-12)3-2-9-17(16(24)25,13(20)8-10-21)22-15(23)14(18)19/h4-7,13-14H,2-3,8-10,21H2,1H3,(H,22,23)(H,24,25)/t13?,17-/m1/s1. The zero-order chi connectivity index (χ0) is 21.5. The number of halogens is 3. The molecule has 2 atom stereocenters. The van der Waals surface area contributed by atoms with Gasteiger partial charge in [0.05, 0.1) is 4.90 Å². The Labute approximate surface area is 173 Å². The van der Waals surface area contributed by atoms with Crippen LogP contribution in [-0.2, 0) is 25.8 Å². The first-order valence-electron chi connectivity index (χ1n) is 8.40. The summed E-state index contributed by atoms with van der Waals surface area (Å²) < 4.78 is 37.6. The maximum absolute atomic E-state index is 14.7. The molecule has 0 saturated carbocycles. The molecule has 1 rings (SSSR count). The van der Waals surface area contributed by atoms with Crippen LogP contribution in [0.25, 0.3) is 0 Å². The molecule has 7 nitrogen and oxygen atoms in total. The average Bonchev–Trinajstić information content (AvgIpc) is 2.60. The molecule has 0 fully saturated rings. The molecule has 0 aliphatic heterocycles. The van der Waals surface area contributed by atoms with E-state index < -0.39 is 38.3 Å². The fraction of sp³-hybridized carbons (Fsp3) is 0.529. The van der Waals surface area contributed by atoms with Gasteiger partial charge in [0.2, 0.25) is 0 Å². The minimum atomic E-state index is -3.33. The minimum Gasteiger partial charge on any atom is -0.479 e. The first-order chi connectivity index (χ1) is 12.9. The summed E-state index contributed by atoms with van der Waals surface area (Å²) in [6.07, 6.45) is -0.820. The zero-order valence-corrected chi connectivity index (χ0v) is 17.5. The Bertz CT molecular complexity index is 789. The van der Waals surface area contributed by atoms with Gasteiger partial charge in [0.15, 0.2) is 20.2 Å². The van der Waals surface area contributed by atoms with Crippen molar-refractivity contribution >= 4 is 44.9 Å². The highest BCUT2D eigenvalue weighted by molar-refractivity contribution is 7.90. The molecule has 0 bridgehead atoms. The molecule has 0 saturated heterocycles. The van der Waals surface area contributed by atoms with Gasteiger partial charge in [0, 0.05) is 6.26 Å². The predicted molar refractivity (Wildman–Crippen MR) is 105 cm³/mol. The summed E-state index contributed by atoms with van der Waals surface area (Å²) >= 11 is 10.9. The van der Waals surface area contributed by atoms with Gasteiger partial charge >= 0.3 is 5.97 Å². The van der Waals surface area contributed by atoms with E-state index in [2.05, 4.69) is 5.32 Å². The summed E-state index contributed by atoms with van der Waals surface area (Å²) in [6.45, 7) is -0.107. The second-order valence-corrected chi connectivity index (χ2v) is 9.49. The molecule has 0 radical (unpaired) electrons. The minimum absolute atomic E-state index is 0.107. The molecule has 0 aromatic heterocycles. The highest BCUT2D eigenvalue weighted by Crippen LogP contribution is 2.26. The number of carboxylic acid groups (broad SMARTS) is 1. The molecular weight excluding hydrogens is 434 g/mol. The van der Waals surface area contributed by atoms with Gasteiger partial charge in [0.1, 0.15) is 6.17 Å². The monoisotopic (exact) mass is 456 g/mol. The molecule has 1 unspecified atom stereocenters. The van der Waals surface area contributed by atoms with Crippen LogP contribution in [-0.4, -0.2) is 54.7 Å². The normalized spacial score (nSPS) is 15.1. The number of carboxylic acids is 1. The molecule has 158 valence electrons. The molecule has 28 heavy (non-hydrogen) atoms. The van der Waals surface area contributed by atoms with E-state index in [4.69, 9.17) is 28.9 Å². The topological polar surface area (TPSA) is 127 Å². The van der Waals surface area contributed by atoms with Gasteiger partial charge in [-0.2, -0.15) is 0 Å². The number of carbonyl (C=O) groups excluding carboxylic acids is 1. The van der Waals surface area contributed by atoms with Gasteiger partial charge in [-0.25, -0.2) is 17.6 Å². The van der Waals surface area contributed by atoms with Gasteiger partial charge in [-0.1, -0.05) is 35.3 Å². The number of nitrogens with two attached hydrogens (primary N) is 1. The third kappa shape index (κ3) is 6.58. The van der Waals surface area contributed by atoms with E-state index >= 15 is 0 Å². The highest BCUT2D eigenvalue weighted by Gasteiger charge is 2.47. The van der Waals surface area contributed by atoms with E-state index in [-0.39, 0.29) is 30.7 Å². The van der Waals surface area contributed by atoms with Crippen molar-refractivity contribution in [1.82, 2.24) is 5.32 Å². The molecule has 4 N–H and O–H groups in total. The first kappa shape index (κ1) is 24.6. The molecule has 1 aromatic carbocycles. The number of hydrogen-bond donors (Lipinski definition) is 3. The summed E-state index contributed by atoms with van der Waals surface area (Å²) in [5, 5.41) is 11.7. The number of hydrogen-bond acceptors (Lipinski definition) is 5. The van der Waals surface area contributed by atoms with Gasteiger partial charge < -0.3 is 16.2 Å². The maximum Gasteiger partial charge on any atom is 0.332 e. The molecule has 0 spiro atoms. The van der Waals surface area contributed by atoms with Crippen LogP contribution in [0.1, 0.15) is 24.8 Å². The Hall–Kier alpha value is -1.42. The number of benzene rings is 1. The lowest BCUT2D eigenvalue weighted by Gasteiger charge is -2.34. The van der Waals surface area contributed by atoms with Gasteiger partial charge in [-0.15, -0.1) is 0 Å². The van der Waals surface area contributed by atoms with Crippen LogP contribution in [0.4, 0.5) is 4.39 Å². The number of amides is 1. The summed E-state index contributed by atoms with van der Waals surface area (Å²) in [5.74, 6) is -2.56. The van der Waals surface area contributed by atoms with Gasteiger partial charge in [0.25, 0.3) is 5.91 Å². The molecule has 0 aliphatic carbocycles. The number of carbonyl (C=O) groups is 2. The van der Waals surface area contributed by atoms with Crippen LogP contribution >= 0.6 is 23.2 Å². The molecule has 1 amide bonds. The van der Waals surface area contributed by atoms with E-state index in [0.29, 0.717) is 6.42 Å². The third-order valence-electron chi connectivity index (χ3n) is 4.27. The van der Waals surface area contributed by atoms with Crippen molar-refractivity contribution in [3.63, 3.8) is 0 Å². The molecular formula is C17H23Cl2FN2O5S. The fourth-order valence-electron chi connectivity index (χ4n) is 2.73. The van der Waals surface area contributed by atoms with Crippen molar-refractivity contribution in [2.45, 2.75) is 47.1 Å². The van der Waals surface area contributed by atoms with E-state index in [1.54, 1.807) is 12.1 Å². The molecule has 1 aromatic rings. The smallest absolute Gasteiger partial charge is 0.332 e. The van der Waals surface area contributed by atoms with Crippen LogP contribution in [0.15, 0.2) is 29.2 Å². The van der Waals surface area contributed by atoms with Crippen LogP contribution < -0.4 is 11.1 Å². The average molecular weight is 457 g/mol. The number of aryl methyl sites for hydroxylation is 1. The summed E-state index contributed by atoms with van der Waals surface area (Å²) in [4.78, 5) is 22.3. The second kappa shape index (κ2) is 10.4. The van der Waals surface area contributed by atoms with Gasteiger partial charge in [-0.3, -0.25) is 4.79 Å². The number of alkyl halides is 3. The molecule has 0 aliphatic rings. The lowest BCUT2D eigenvalue weighted by atomic mass is 9.85. The van der Waals surface area contributed by atoms with E-state index in [1.807, 2.05) is 0 Å². The van der Waals surface area contributed by atoms with Crippen LogP contribution in [0, 0.1) is 0 Å². The highest BCUT2D eigenvalue weighted by atomic mass is 35.5. The Morgan fingerprint density at radius 2 is 1.86 bits per heavy atom. The summed E-state index contributed by atoms with van der Waals surface area (Å²) in [7, 11) is -3.33. The van der Waals surface area contributed by atoms with Gasteiger partial charge in [-0.05, 0) is 49.9 Å². The largest absolute Gasteiger partial charge is 0.479 e. The summed E-state index contributed by atoms with van der Waals surface area (Å²) in [5.41, 5.74) is 3.86. The summed E-state index contributed by atoms with van der Waals surface area (Å²) in [6, 6.07) is 6.07. The third-order valence-corrected chi connectivity index (χ3v) is 5.79. The molecule has 0 heterocycles. The van der Waals surface area contributed by atoms with Crippen LogP contribution in [0.3, 0.4) is 0 Å². The second-order valence-electron chi connectivity index (χ2n) is 6.38. The quantitative estimate of drug-likeness (QED) is 0.436. The van der Waals surface area contributed by atoms with Crippen molar-refractivity contribution in [2.24, 2.45) is 5.73 Å². The lowest BCUT2D eigenvalue weighted by molar-refractivity contribution is -0.151. The van der Waals surface area contributed by atoms with Crippen LogP contribution in [0.2, 0.25) is 0 Å². The van der Waals surface area contributed by atoms with E-state index in [1.165, 1.54) is 12.1 Å². The SMILES string of the molecule is CS(=O)(=O)c1ccc(CCC[C@](NC(=O)C(Cl)Cl)(C(=O)O)C(F)CCN)cc1. The number of aliphatic carboxylic acids is 1. The zero-order valence-electron chi connectivity index (χ0n) is 15.2. The lowest BCUT2D eigenvalue weighted by Crippen LogP contribution is -2.62. The van der Waals surface area contributed by atoms with Crippen molar-refractivity contribution in [3.05, 3.63) is 29.8 Å². The Kier molecular flexibility index (Phi) is 9.13. The van der Waals surface area contributed by atoms with Crippen molar-refractivity contribution in [2.75, 3.05) is 12.8 Å². The van der Waals surface area contributed by atoms with Crippen molar-refractivity contribution in [3.8, 4) is 0 Å². The Morgan fingerprint density at radius 3 is 2.29 bits per heavy atom. The fourth-order valence-corrected chi connectivity index (χ4v) is 3.47.